The molecule has 5 rings (SSSR count). The lowest BCUT2D eigenvalue weighted by Crippen LogP contribution is -2.38. The number of para-hydroxylation sites is 2. The number of nitrogens with zero attached hydrogens (tertiary/aromatic N) is 1. The number of allylic oxidation sites excluding steroid dienone is 1. The van der Waals surface area contributed by atoms with Crippen LogP contribution in [0.4, 0.5) is 11.4 Å². The number of ether oxygens (including phenoxy) is 3. The summed E-state index contributed by atoms with van der Waals surface area (Å²) in [6.07, 6.45) is 4.11. The average molecular weight is 611 g/mol. The highest BCUT2D eigenvalue weighted by Crippen LogP contribution is 2.50. The molecule has 0 aromatic heterocycles. The van der Waals surface area contributed by atoms with Crippen LogP contribution >= 0.6 is 0 Å². The zero-order valence-corrected chi connectivity index (χ0v) is 27.7. The molecule has 3 aromatic carbocycles. The monoisotopic (exact) mass is 610 g/mol. The molecule has 2 aliphatic rings. The van der Waals surface area contributed by atoms with Crippen LogP contribution in [0.3, 0.4) is 0 Å². The van der Waals surface area contributed by atoms with E-state index in [-0.39, 0.29) is 23.0 Å². The van der Waals surface area contributed by atoms with E-state index in [4.69, 9.17) is 14.2 Å². The molecule has 2 atom stereocenters. The largest absolute Gasteiger partial charge is 0.493 e. The number of unbranched alkanes of at least 4 members (excludes halogenated alkanes) is 2. The van der Waals surface area contributed by atoms with E-state index in [0.717, 1.165) is 47.5 Å². The first-order valence-corrected chi connectivity index (χ1v) is 16.0. The van der Waals surface area contributed by atoms with Gasteiger partial charge in [0.15, 0.2) is 17.3 Å². The number of anilines is 2. The van der Waals surface area contributed by atoms with Crippen LogP contribution in [0.2, 0.25) is 0 Å². The second-order valence-corrected chi connectivity index (χ2v) is 13.0. The third-order valence-corrected chi connectivity index (χ3v) is 9.00. The first-order chi connectivity index (χ1) is 21.6. The van der Waals surface area contributed by atoms with E-state index >= 15 is 0 Å². The number of Topliss-reactive ketones (excluding diaryl/α,β-unsaturated/α-hetero) is 1. The molecular formula is C38H46N2O5. The van der Waals surface area contributed by atoms with Gasteiger partial charge in [0.05, 0.1) is 38.7 Å². The molecule has 1 N–H and O–H groups in total. The van der Waals surface area contributed by atoms with Crippen molar-refractivity contribution in [2.24, 2.45) is 0 Å². The number of nitrogens with one attached hydrogen (secondary N) is 1. The molecule has 0 saturated carbocycles. The zero-order chi connectivity index (χ0) is 32.3. The van der Waals surface area contributed by atoms with Crippen LogP contribution in [-0.4, -0.2) is 33.0 Å². The molecule has 1 aliphatic carbocycles. The molecule has 0 bridgehead atoms. The molecule has 0 fully saturated rings. The Labute approximate surface area is 267 Å². The number of carbonyl (C=O) groups excluding carboxylic acids is 2. The molecule has 7 nitrogen and oxygen atoms in total. The van der Waals surface area contributed by atoms with E-state index in [0.29, 0.717) is 42.1 Å². The van der Waals surface area contributed by atoms with Gasteiger partial charge >= 0.3 is 0 Å². The quantitative estimate of drug-likeness (QED) is 0.245. The Balaban J connectivity index is 1.69. The van der Waals surface area contributed by atoms with E-state index in [9.17, 15) is 9.59 Å². The summed E-state index contributed by atoms with van der Waals surface area (Å²) >= 11 is 0. The van der Waals surface area contributed by atoms with E-state index < -0.39 is 6.04 Å². The van der Waals surface area contributed by atoms with Crippen LogP contribution < -0.4 is 24.4 Å². The smallest absolute Gasteiger partial charge is 0.227 e. The van der Waals surface area contributed by atoms with Crippen LogP contribution in [0.25, 0.3) is 0 Å². The first-order valence-electron chi connectivity index (χ1n) is 16.0. The van der Waals surface area contributed by atoms with Gasteiger partial charge in [0.1, 0.15) is 0 Å². The van der Waals surface area contributed by atoms with Gasteiger partial charge in [-0.05, 0) is 65.1 Å². The van der Waals surface area contributed by atoms with Crippen molar-refractivity contribution in [3.05, 3.63) is 88.6 Å². The van der Waals surface area contributed by atoms with Gasteiger partial charge in [-0.1, -0.05) is 76.9 Å². The number of rotatable bonds is 9. The summed E-state index contributed by atoms with van der Waals surface area (Å²) in [5.74, 6) is 1.40. The summed E-state index contributed by atoms with van der Waals surface area (Å²) in [7, 11) is 4.71. The Morgan fingerprint density at radius 1 is 0.889 bits per heavy atom. The predicted octanol–water partition coefficient (Wildman–Crippen LogP) is 8.49. The SMILES string of the molecule is CCCCCC(=O)N1c2ccccc2NC2=C(C(=O)CC(c3ccc(C(C)(C)C)cc3)C2)C1c1cc(OC)c(OC)c(OC)c1. The van der Waals surface area contributed by atoms with Crippen molar-refractivity contribution >= 4 is 23.1 Å². The third-order valence-electron chi connectivity index (χ3n) is 9.00. The lowest BCUT2D eigenvalue weighted by atomic mass is 9.77. The second kappa shape index (κ2) is 13.4. The van der Waals surface area contributed by atoms with E-state index in [1.807, 2.05) is 41.3 Å². The number of ketones is 1. The maximum Gasteiger partial charge on any atom is 0.227 e. The summed E-state index contributed by atoms with van der Waals surface area (Å²) in [6.45, 7) is 8.73. The molecule has 0 radical (unpaired) electrons. The lowest BCUT2D eigenvalue weighted by molar-refractivity contribution is -0.119. The number of benzene rings is 3. The highest BCUT2D eigenvalue weighted by atomic mass is 16.5. The maximum atomic E-state index is 14.5. The minimum atomic E-state index is -0.685. The Hall–Kier alpha value is -4.26. The van der Waals surface area contributed by atoms with Crippen molar-refractivity contribution < 1.29 is 23.8 Å². The van der Waals surface area contributed by atoms with Gasteiger partial charge in [0.25, 0.3) is 0 Å². The van der Waals surface area contributed by atoms with E-state index in [1.165, 1.54) is 5.56 Å². The summed E-state index contributed by atoms with van der Waals surface area (Å²) in [6, 6.07) is 19.5. The van der Waals surface area contributed by atoms with Gasteiger partial charge in [0, 0.05) is 24.1 Å². The van der Waals surface area contributed by atoms with Gasteiger partial charge in [0.2, 0.25) is 11.7 Å². The zero-order valence-electron chi connectivity index (χ0n) is 27.7. The fraction of sp³-hybridized carbons (Fsp3) is 0.421. The van der Waals surface area contributed by atoms with E-state index in [1.54, 1.807) is 21.3 Å². The molecule has 45 heavy (non-hydrogen) atoms. The number of hydrogen-bond acceptors (Lipinski definition) is 6. The molecule has 0 saturated heterocycles. The molecule has 3 aromatic rings. The molecule has 0 spiro atoms. The summed E-state index contributed by atoms with van der Waals surface area (Å²) < 4.78 is 17.1. The fourth-order valence-electron chi connectivity index (χ4n) is 6.58. The number of hydrogen-bond donors (Lipinski definition) is 1. The molecule has 1 amide bonds. The van der Waals surface area contributed by atoms with Gasteiger partial charge < -0.3 is 19.5 Å². The molecule has 1 aliphatic heterocycles. The Morgan fingerprint density at radius 3 is 2.16 bits per heavy atom. The van der Waals surface area contributed by atoms with Crippen molar-refractivity contribution in [1.82, 2.24) is 0 Å². The van der Waals surface area contributed by atoms with Crippen molar-refractivity contribution in [3.63, 3.8) is 0 Å². The highest BCUT2D eigenvalue weighted by Gasteiger charge is 2.42. The Morgan fingerprint density at radius 2 is 1.56 bits per heavy atom. The second-order valence-electron chi connectivity index (χ2n) is 13.0. The van der Waals surface area contributed by atoms with Crippen molar-refractivity contribution in [2.75, 3.05) is 31.5 Å². The van der Waals surface area contributed by atoms with Gasteiger partial charge in [-0.2, -0.15) is 0 Å². The molecule has 1 heterocycles. The maximum absolute atomic E-state index is 14.5. The van der Waals surface area contributed by atoms with Gasteiger partial charge in [-0.25, -0.2) is 0 Å². The van der Waals surface area contributed by atoms with E-state index in [2.05, 4.69) is 57.3 Å². The minimum Gasteiger partial charge on any atom is -0.493 e. The Bertz CT molecular complexity index is 1560. The third kappa shape index (κ3) is 6.44. The molecule has 2 unspecified atom stereocenters. The topological polar surface area (TPSA) is 77.1 Å². The van der Waals surface area contributed by atoms with Crippen LogP contribution in [0.5, 0.6) is 17.2 Å². The molecular weight excluding hydrogens is 564 g/mol. The number of amides is 1. The van der Waals surface area contributed by atoms with Crippen LogP contribution in [0.1, 0.15) is 94.9 Å². The summed E-state index contributed by atoms with van der Waals surface area (Å²) in [5.41, 5.74) is 6.16. The first kappa shape index (κ1) is 32.1. The van der Waals surface area contributed by atoms with Crippen LogP contribution in [-0.2, 0) is 15.0 Å². The lowest BCUT2D eigenvalue weighted by Gasteiger charge is -2.35. The fourth-order valence-corrected chi connectivity index (χ4v) is 6.58. The molecule has 7 heteroatoms. The number of fused-ring (bicyclic) bond motifs is 1. The Kier molecular flexibility index (Phi) is 9.56. The van der Waals surface area contributed by atoms with Crippen molar-refractivity contribution in [2.45, 2.75) is 83.6 Å². The summed E-state index contributed by atoms with van der Waals surface area (Å²) in [5, 5.41) is 3.64. The standard InChI is InChI=1S/C38H46N2O5/c1-8-9-10-15-34(42)40-30-14-12-11-13-28(30)39-29-20-25(24-16-18-27(19-17-24)38(2,3)4)21-31(41)35(29)36(40)26-22-32(43-5)37(45-7)33(23-26)44-6/h11-14,16-19,22-23,25,36,39H,8-10,15,20-21H2,1-7H3. The number of methoxy groups -OCH3 is 3. The number of carbonyl (C=O) groups is 2. The minimum absolute atomic E-state index is 0.0114. The summed E-state index contributed by atoms with van der Waals surface area (Å²) in [4.78, 5) is 30.5. The molecule has 238 valence electrons. The highest BCUT2D eigenvalue weighted by molar-refractivity contribution is 6.06. The van der Waals surface area contributed by atoms with Crippen molar-refractivity contribution in [1.29, 1.82) is 0 Å². The predicted molar refractivity (Wildman–Crippen MR) is 180 cm³/mol. The van der Waals surface area contributed by atoms with Gasteiger partial charge in [-0.15, -0.1) is 0 Å². The average Bonchev–Trinajstić information content (AvgIpc) is 3.18. The van der Waals surface area contributed by atoms with Crippen LogP contribution in [0, 0.1) is 0 Å². The van der Waals surface area contributed by atoms with Crippen LogP contribution in [0.15, 0.2) is 71.9 Å². The van der Waals surface area contributed by atoms with Gasteiger partial charge in [-0.3, -0.25) is 14.5 Å². The normalized spacial score (nSPS) is 18.0. The van der Waals surface area contributed by atoms with Crippen molar-refractivity contribution in [3.8, 4) is 17.2 Å².